The molecule has 0 saturated heterocycles. The molecule has 0 aromatic carbocycles. The van der Waals surface area contributed by atoms with Gasteiger partial charge in [-0.1, -0.05) is 26.8 Å². The minimum Gasteiger partial charge on any atom is -0.314 e. The zero-order valence-electron chi connectivity index (χ0n) is 10.7. The SMILES string of the molecule is CCNC(Cn1cccc(C)c1=O)C(C)C. The number of hydrogen-bond donors (Lipinski definition) is 1. The van der Waals surface area contributed by atoms with Crippen molar-refractivity contribution in [3.8, 4) is 0 Å². The number of aromatic nitrogens is 1. The average Bonchev–Trinajstić information content (AvgIpc) is 2.23. The van der Waals surface area contributed by atoms with Crippen molar-refractivity contribution in [3.63, 3.8) is 0 Å². The summed E-state index contributed by atoms with van der Waals surface area (Å²) in [5.74, 6) is 0.521. The van der Waals surface area contributed by atoms with Crippen molar-refractivity contribution < 1.29 is 0 Å². The monoisotopic (exact) mass is 222 g/mol. The molecule has 90 valence electrons. The zero-order valence-corrected chi connectivity index (χ0v) is 10.7. The fourth-order valence-electron chi connectivity index (χ4n) is 1.79. The van der Waals surface area contributed by atoms with Crippen molar-refractivity contribution in [2.45, 2.75) is 40.3 Å². The van der Waals surface area contributed by atoms with Crippen LogP contribution in [-0.4, -0.2) is 17.2 Å². The van der Waals surface area contributed by atoms with Crippen LogP contribution in [0.1, 0.15) is 26.3 Å². The van der Waals surface area contributed by atoms with E-state index in [1.54, 1.807) is 4.57 Å². The van der Waals surface area contributed by atoms with Crippen LogP contribution in [0, 0.1) is 12.8 Å². The molecule has 0 aliphatic rings. The molecule has 1 heterocycles. The van der Waals surface area contributed by atoms with Crippen LogP contribution in [0.3, 0.4) is 0 Å². The van der Waals surface area contributed by atoms with Gasteiger partial charge in [0.25, 0.3) is 5.56 Å². The summed E-state index contributed by atoms with van der Waals surface area (Å²) in [6.45, 7) is 9.97. The molecule has 0 aliphatic carbocycles. The van der Waals surface area contributed by atoms with Crippen LogP contribution in [-0.2, 0) is 6.54 Å². The van der Waals surface area contributed by atoms with Crippen LogP contribution in [0.2, 0.25) is 0 Å². The second-order valence-electron chi connectivity index (χ2n) is 4.56. The van der Waals surface area contributed by atoms with E-state index in [4.69, 9.17) is 0 Å². The third-order valence-electron chi connectivity index (χ3n) is 2.87. The minimum atomic E-state index is 0.117. The maximum atomic E-state index is 11.9. The first kappa shape index (κ1) is 13.0. The number of aryl methyl sites for hydroxylation is 1. The van der Waals surface area contributed by atoms with E-state index in [9.17, 15) is 4.79 Å². The van der Waals surface area contributed by atoms with E-state index in [1.807, 2.05) is 25.3 Å². The van der Waals surface area contributed by atoms with Gasteiger partial charge in [0.05, 0.1) is 0 Å². The van der Waals surface area contributed by atoms with E-state index in [2.05, 4.69) is 26.1 Å². The lowest BCUT2D eigenvalue weighted by atomic mass is 10.0. The molecule has 1 aromatic rings. The zero-order chi connectivity index (χ0) is 12.1. The topological polar surface area (TPSA) is 34.0 Å². The summed E-state index contributed by atoms with van der Waals surface area (Å²) in [7, 11) is 0. The van der Waals surface area contributed by atoms with Gasteiger partial charge in [0, 0.05) is 24.3 Å². The van der Waals surface area contributed by atoms with Gasteiger partial charge in [0.1, 0.15) is 0 Å². The summed E-state index contributed by atoms with van der Waals surface area (Å²) < 4.78 is 1.79. The molecule has 1 unspecified atom stereocenters. The van der Waals surface area contributed by atoms with E-state index in [1.165, 1.54) is 0 Å². The lowest BCUT2D eigenvalue weighted by molar-refractivity contribution is 0.358. The molecule has 3 nitrogen and oxygen atoms in total. The smallest absolute Gasteiger partial charge is 0.253 e. The average molecular weight is 222 g/mol. The van der Waals surface area contributed by atoms with Crippen molar-refractivity contribution in [2.24, 2.45) is 5.92 Å². The van der Waals surface area contributed by atoms with Gasteiger partial charge in [-0.15, -0.1) is 0 Å². The van der Waals surface area contributed by atoms with Crippen LogP contribution in [0.5, 0.6) is 0 Å². The molecule has 0 fully saturated rings. The Morgan fingerprint density at radius 3 is 2.69 bits per heavy atom. The largest absolute Gasteiger partial charge is 0.314 e. The molecule has 0 saturated carbocycles. The van der Waals surface area contributed by atoms with Crippen molar-refractivity contribution in [1.82, 2.24) is 9.88 Å². The van der Waals surface area contributed by atoms with Gasteiger partial charge in [-0.3, -0.25) is 4.79 Å². The Labute approximate surface area is 97.5 Å². The molecule has 3 heteroatoms. The van der Waals surface area contributed by atoms with E-state index in [0.717, 1.165) is 18.7 Å². The van der Waals surface area contributed by atoms with Crippen LogP contribution in [0.15, 0.2) is 23.1 Å². The van der Waals surface area contributed by atoms with Gasteiger partial charge in [-0.05, 0) is 25.5 Å². The van der Waals surface area contributed by atoms with E-state index >= 15 is 0 Å². The summed E-state index contributed by atoms with van der Waals surface area (Å²) in [4.78, 5) is 11.9. The predicted molar refractivity (Wildman–Crippen MR) is 67.7 cm³/mol. The van der Waals surface area contributed by atoms with E-state index < -0.39 is 0 Å². The molecule has 1 N–H and O–H groups in total. The molecular weight excluding hydrogens is 200 g/mol. The van der Waals surface area contributed by atoms with Crippen molar-refractivity contribution in [2.75, 3.05) is 6.54 Å². The van der Waals surface area contributed by atoms with Crippen LogP contribution in [0.25, 0.3) is 0 Å². The highest BCUT2D eigenvalue weighted by atomic mass is 16.1. The molecule has 16 heavy (non-hydrogen) atoms. The Bertz CT molecular complexity index is 382. The first-order valence-corrected chi connectivity index (χ1v) is 5.95. The highest BCUT2D eigenvalue weighted by Gasteiger charge is 2.13. The normalized spacial score (nSPS) is 13.1. The number of hydrogen-bond acceptors (Lipinski definition) is 2. The fourth-order valence-corrected chi connectivity index (χ4v) is 1.79. The number of rotatable bonds is 5. The highest BCUT2D eigenvalue weighted by molar-refractivity contribution is 5.07. The highest BCUT2D eigenvalue weighted by Crippen LogP contribution is 2.03. The quantitative estimate of drug-likeness (QED) is 0.824. The Kier molecular flexibility index (Phi) is 4.74. The minimum absolute atomic E-state index is 0.117. The third kappa shape index (κ3) is 3.20. The maximum Gasteiger partial charge on any atom is 0.253 e. The molecular formula is C13H22N2O. The number of nitrogens with zero attached hydrogens (tertiary/aromatic N) is 1. The molecule has 0 aliphatic heterocycles. The standard InChI is InChI=1S/C13H22N2O/c1-5-14-12(10(2)3)9-15-8-6-7-11(4)13(15)16/h6-8,10,12,14H,5,9H2,1-4H3. The van der Waals surface area contributed by atoms with Gasteiger partial charge in [-0.25, -0.2) is 0 Å². The summed E-state index contributed by atoms with van der Waals surface area (Å²) in [5.41, 5.74) is 0.924. The maximum absolute atomic E-state index is 11.9. The molecule has 0 spiro atoms. The Morgan fingerprint density at radius 2 is 2.12 bits per heavy atom. The first-order valence-electron chi connectivity index (χ1n) is 5.95. The van der Waals surface area contributed by atoms with Gasteiger partial charge < -0.3 is 9.88 Å². The summed E-state index contributed by atoms with van der Waals surface area (Å²) in [5, 5.41) is 3.42. The number of pyridine rings is 1. The van der Waals surface area contributed by atoms with Gasteiger partial charge in [0.15, 0.2) is 0 Å². The van der Waals surface area contributed by atoms with Crippen LogP contribution in [0.4, 0.5) is 0 Å². The molecule has 1 atom stereocenters. The van der Waals surface area contributed by atoms with Gasteiger partial charge in [0.2, 0.25) is 0 Å². The van der Waals surface area contributed by atoms with Gasteiger partial charge >= 0.3 is 0 Å². The Hall–Kier alpha value is -1.09. The van der Waals surface area contributed by atoms with Gasteiger partial charge in [-0.2, -0.15) is 0 Å². The van der Waals surface area contributed by atoms with Crippen molar-refractivity contribution in [3.05, 3.63) is 34.2 Å². The summed E-state index contributed by atoms with van der Waals surface area (Å²) >= 11 is 0. The molecule has 0 amide bonds. The predicted octanol–water partition coefficient (Wildman–Crippen LogP) is 1.79. The second-order valence-corrected chi connectivity index (χ2v) is 4.56. The Balaban J connectivity index is 2.85. The second kappa shape index (κ2) is 5.85. The third-order valence-corrected chi connectivity index (χ3v) is 2.87. The van der Waals surface area contributed by atoms with Crippen LogP contribution < -0.4 is 10.9 Å². The molecule has 1 aromatic heterocycles. The number of likely N-dealkylation sites (N-methyl/N-ethyl adjacent to an activating group) is 1. The van der Waals surface area contributed by atoms with Crippen molar-refractivity contribution >= 4 is 0 Å². The first-order chi connectivity index (χ1) is 7.56. The van der Waals surface area contributed by atoms with E-state index in [-0.39, 0.29) is 5.56 Å². The summed E-state index contributed by atoms with van der Waals surface area (Å²) in [6, 6.07) is 4.14. The van der Waals surface area contributed by atoms with E-state index in [0.29, 0.717) is 12.0 Å². The number of nitrogens with one attached hydrogen (secondary N) is 1. The summed E-state index contributed by atoms with van der Waals surface area (Å²) in [6.07, 6.45) is 1.86. The van der Waals surface area contributed by atoms with Crippen LogP contribution >= 0.6 is 0 Å². The molecule has 0 radical (unpaired) electrons. The fraction of sp³-hybridized carbons (Fsp3) is 0.615. The molecule has 0 bridgehead atoms. The Morgan fingerprint density at radius 1 is 1.44 bits per heavy atom. The lowest BCUT2D eigenvalue weighted by Crippen LogP contribution is -2.40. The van der Waals surface area contributed by atoms with Crippen molar-refractivity contribution in [1.29, 1.82) is 0 Å². The molecule has 1 rings (SSSR count). The lowest BCUT2D eigenvalue weighted by Gasteiger charge is -2.22.